The highest BCUT2D eigenvalue weighted by Crippen LogP contribution is 2.35. The number of hydrogen-bond acceptors (Lipinski definition) is 6. The second kappa shape index (κ2) is 8.05. The van der Waals surface area contributed by atoms with Crippen molar-refractivity contribution in [3.05, 3.63) is 92.8 Å². The van der Waals surface area contributed by atoms with Crippen LogP contribution in [-0.2, 0) is 4.74 Å². The minimum absolute atomic E-state index is 0.00645. The molecule has 0 aliphatic carbocycles. The van der Waals surface area contributed by atoms with E-state index in [2.05, 4.69) is 41.1 Å². The Labute approximate surface area is 198 Å². The van der Waals surface area contributed by atoms with Gasteiger partial charge in [0, 0.05) is 11.8 Å². The lowest BCUT2D eigenvalue weighted by molar-refractivity contribution is -0.0550. The fourth-order valence-corrected chi connectivity index (χ4v) is 4.85. The van der Waals surface area contributed by atoms with Gasteiger partial charge in [0.1, 0.15) is 23.9 Å². The molecular formula is C27H20N2O6. The van der Waals surface area contributed by atoms with Crippen molar-refractivity contribution in [2.24, 2.45) is 0 Å². The highest BCUT2D eigenvalue weighted by atomic mass is 16.6. The third-order valence-electron chi connectivity index (χ3n) is 6.62. The van der Waals surface area contributed by atoms with E-state index < -0.39 is 42.4 Å². The number of aliphatic hydroxyl groups excluding tert-OH is 3. The van der Waals surface area contributed by atoms with Gasteiger partial charge < -0.3 is 20.1 Å². The van der Waals surface area contributed by atoms with E-state index in [0.29, 0.717) is 0 Å². The molecule has 0 radical (unpaired) electrons. The second-order valence-electron chi connectivity index (χ2n) is 8.66. The Kier molecular flexibility index (Phi) is 4.95. The van der Waals surface area contributed by atoms with Crippen LogP contribution in [0.4, 0.5) is 0 Å². The SMILES string of the molecule is O=c1[nH]c(=O)n([C@@H]2O[C@H](CO)[C@@H](O)[C@@H]2O)cc1C#Cc1ccc2ccc3cccc4ccc1c2c34. The number of hydrogen-bond donors (Lipinski definition) is 4. The first kappa shape index (κ1) is 21.5. The number of aliphatic hydroxyl groups is 3. The van der Waals surface area contributed by atoms with Crippen LogP contribution in [0.5, 0.6) is 0 Å². The molecule has 1 aliphatic heterocycles. The number of aromatic amines is 1. The van der Waals surface area contributed by atoms with Crippen molar-refractivity contribution in [3.8, 4) is 11.8 Å². The van der Waals surface area contributed by atoms with Crippen molar-refractivity contribution in [1.82, 2.24) is 9.55 Å². The molecule has 4 atom stereocenters. The van der Waals surface area contributed by atoms with Gasteiger partial charge in [-0.15, -0.1) is 0 Å². The Morgan fingerprint density at radius 3 is 2.23 bits per heavy atom. The highest BCUT2D eigenvalue weighted by molar-refractivity contribution is 6.23. The first-order valence-electron chi connectivity index (χ1n) is 11.1. The average molecular weight is 468 g/mol. The maximum absolute atomic E-state index is 12.5. The zero-order valence-electron chi connectivity index (χ0n) is 18.3. The number of nitrogens with one attached hydrogen (secondary N) is 1. The molecule has 6 rings (SSSR count). The van der Waals surface area contributed by atoms with E-state index >= 15 is 0 Å². The smallest absolute Gasteiger partial charge is 0.330 e. The van der Waals surface area contributed by atoms with Crippen LogP contribution in [0.1, 0.15) is 17.4 Å². The molecule has 1 saturated heterocycles. The molecule has 8 nitrogen and oxygen atoms in total. The van der Waals surface area contributed by atoms with Crippen LogP contribution in [0.25, 0.3) is 32.3 Å². The van der Waals surface area contributed by atoms with Crippen molar-refractivity contribution in [2.75, 3.05) is 6.61 Å². The summed E-state index contributed by atoms with van der Waals surface area (Å²) in [5.74, 6) is 5.90. The maximum atomic E-state index is 12.5. The summed E-state index contributed by atoms with van der Waals surface area (Å²) >= 11 is 0. The summed E-state index contributed by atoms with van der Waals surface area (Å²) in [6.07, 6.45) is -3.98. The molecule has 5 aromatic rings. The van der Waals surface area contributed by atoms with Crippen molar-refractivity contribution < 1.29 is 20.1 Å². The normalized spacial score (nSPS) is 22.1. The predicted molar refractivity (Wildman–Crippen MR) is 130 cm³/mol. The molecular weight excluding hydrogens is 448 g/mol. The van der Waals surface area contributed by atoms with Gasteiger partial charge in [-0.3, -0.25) is 14.3 Å². The number of benzene rings is 4. The minimum Gasteiger partial charge on any atom is -0.394 e. The van der Waals surface area contributed by atoms with Crippen LogP contribution in [0, 0.1) is 11.8 Å². The fraction of sp³-hybridized carbons (Fsp3) is 0.185. The number of rotatable bonds is 2. The Morgan fingerprint density at radius 2 is 1.51 bits per heavy atom. The van der Waals surface area contributed by atoms with Gasteiger partial charge in [0.2, 0.25) is 0 Å². The largest absolute Gasteiger partial charge is 0.394 e. The van der Waals surface area contributed by atoms with Crippen LogP contribution in [0.3, 0.4) is 0 Å². The fourth-order valence-electron chi connectivity index (χ4n) is 4.85. The van der Waals surface area contributed by atoms with E-state index in [1.165, 1.54) is 6.20 Å². The molecule has 0 unspecified atom stereocenters. The molecule has 2 heterocycles. The molecule has 4 N–H and O–H groups in total. The quantitative estimate of drug-likeness (QED) is 0.230. The molecule has 4 aromatic carbocycles. The molecule has 0 spiro atoms. The van der Waals surface area contributed by atoms with Gasteiger partial charge in [-0.25, -0.2) is 4.79 Å². The zero-order valence-corrected chi connectivity index (χ0v) is 18.3. The lowest BCUT2D eigenvalue weighted by atomic mass is 9.92. The van der Waals surface area contributed by atoms with Crippen LogP contribution >= 0.6 is 0 Å². The zero-order chi connectivity index (χ0) is 24.3. The number of ether oxygens (including phenoxy) is 1. The van der Waals surface area contributed by atoms with Gasteiger partial charge in [0.05, 0.1) is 6.61 Å². The number of H-pyrrole nitrogens is 1. The minimum atomic E-state index is -1.46. The maximum Gasteiger partial charge on any atom is 0.330 e. The molecule has 8 heteroatoms. The second-order valence-corrected chi connectivity index (χ2v) is 8.66. The molecule has 174 valence electrons. The summed E-state index contributed by atoms with van der Waals surface area (Å²) in [6, 6.07) is 18.3. The van der Waals surface area contributed by atoms with Crippen LogP contribution in [0.15, 0.2) is 70.4 Å². The van der Waals surface area contributed by atoms with Crippen molar-refractivity contribution >= 4 is 32.3 Å². The Bertz CT molecular complexity index is 1760. The lowest BCUT2D eigenvalue weighted by Gasteiger charge is -2.17. The number of aromatic nitrogens is 2. The average Bonchev–Trinajstić information content (AvgIpc) is 3.15. The third-order valence-corrected chi connectivity index (χ3v) is 6.62. The molecule has 0 amide bonds. The van der Waals surface area contributed by atoms with Gasteiger partial charge in [0.25, 0.3) is 5.56 Å². The molecule has 0 bridgehead atoms. The van der Waals surface area contributed by atoms with Crippen LogP contribution in [-0.4, -0.2) is 49.8 Å². The Hall–Kier alpha value is -4.00. The van der Waals surface area contributed by atoms with E-state index in [1.807, 2.05) is 30.3 Å². The van der Waals surface area contributed by atoms with E-state index in [0.717, 1.165) is 42.4 Å². The Morgan fingerprint density at radius 1 is 0.857 bits per heavy atom. The van der Waals surface area contributed by atoms with Gasteiger partial charge in [-0.1, -0.05) is 60.4 Å². The first-order valence-corrected chi connectivity index (χ1v) is 11.1. The first-order chi connectivity index (χ1) is 17.0. The van der Waals surface area contributed by atoms with E-state index in [9.17, 15) is 24.9 Å². The predicted octanol–water partition coefficient (Wildman–Crippen LogP) is 1.45. The van der Waals surface area contributed by atoms with Gasteiger partial charge in [0.15, 0.2) is 6.23 Å². The van der Waals surface area contributed by atoms with Crippen molar-refractivity contribution in [3.63, 3.8) is 0 Å². The molecule has 1 fully saturated rings. The van der Waals surface area contributed by atoms with E-state index in [-0.39, 0.29) is 5.56 Å². The monoisotopic (exact) mass is 468 g/mol. The van der Waals surface area contributed by atoms with E-state index in [4.69, 9.17) is 4.74 Å². The third kappa shape index (κ3) is 3.33. The summed E-state index contributed by atoms with van der Waals surface area (Å²) in [4.78, 5) is 27.0. The van der Waals surface area contributed by atoms with Crippen molar-refractivity contribution in [1.29, 1.82) is 0 Å². The summed E-state index contributed by atoms with van der Waals surface area (Å²) in [7, 11) is 0. The van der Waals surface area contributed by atoms with E-state index in [1.54, 1.807) is 0 Å². The van der Waals surface area contributed by atoms with Gasteiger partial charge in [-0.2, -0.15) is 0 Å². The van der Waals surface area contributed by atoms with Crippen LogP contribution < -0.4 is 11.2 Å². The summed E-state index contributed by atoms with van der Waals surface area (Å²) in [5, 5.41) is 36.2. The van der Waals surface area contributed by atoms with Gasteiger partial charge >= 0.3 is 5.69 Å². The number of nitrogens with zero attached hydrogens (tertiary/aromatic N) is 1. The Balaban J connectivity index is 1.47. The standard InChI is InChI=1S/C27H20N2O6/c30-13-20-23(31)24(32)26(35-20)29-12-18(25(33)28-27(29)34)9-5-14-4-6-17-8-7-15-2-1-3-16-10-11-19(14)22(17)21(15)16/h1-4,6-8,10-12,20,23-24,26,30-32H,13H2,(H,28,33,34)/t20-,23-,24+,26-/m1/s1. The summed E-state index contributed by atoms with van der Waals surface area (Å²) in [5.41, 5.74) is -0.782. The van der Waals surface area contributed by atoms with Crippen molar-refractivity contribution in [2.45, 2.75) is 24.5 Å². The molecule has 1 aromatic heterocycles. The van der Waals surface area contributed by atoms with Crippen LogP contribution in [0.2, 0.25) is 0 Å². The van der Waals surface area contributed by atoms with Gasteiger partial charge in [-0.05, 0) is 38.4 Å². The topological polar surface area (TPSA) is 125 Å². The molecule has 35 heavy (non-hydrogen) atoms. The highest BCUT2D eigenvalue weighted by Gasteiger charge is 2.43. The molecule has 0 saturated carbocycles. The summed E-state index contributed by atoms with van der Waals surface area (Å²) < 4.78 is 6.40. The molecule has 1 aliphatic rings. The lowest BCUT2D eigenvalue weighted by Crippen LogP contribution is -2.38. The summed E-state index contributed by atoms with van der Waals surface area (Å²) in [6.45, 7) is -0.534.